The van der Waals surface area contributed by atoms with E-state index in [0.29, 0.717) is 5.56 Å². The van der Waals surface area contributed by atoms with Crippen molar-refractivity contribution in [2.75, 3.05) is 0 Å². The Labute approximate surface area is 153 Å². The first-order valence-corrected chi connectivity index (χ1v) is 8.47. The molecular formula is C21H22N4O. The normalized spacial score (nSPS) is 11.1. The molecule has 0 spiro atoms. The molecule has 0 radical (unpaired) electrons. The number of pyridine rings is 1. The number of hydrogen-bond acceptors (Lipinski definition) is 3. The summed E-state index contributed by atoms with van der Waals surface area (Å²) < 4.78 is 2.21. The van der Waals surface area contributed by atoms with Crippen molar-refractivity contribution in [3.8, 4) is 5.69 Å². The standard InChI is InChI=1S/C21H22N4O/c1-14-7-8-20(15(2)10-14)25-16(3)11-19(17(25)4)13-23-24-21(26)18-6-5-9-22-12-18/h5-13H,1-4H3,(H,24,26). The van der Waals surface area contributed by atoms with Gasteiger partial charge in [-0.3, -0.25) is 9.78 Å². The minimum absolute atomic E-state index is 0.280. The van der Waals surface area contributed by atoms with Crippen LogP contribution in [0.2, 0.25) is 0 Å². The summed E-state index contributed by atoms with van der Waals surface area (Å²) in [6.45, 7) is 8.33. The van der Waals surface area contributed by atoms with Crippen molar-refractivity contribution in [1.29, 1.82) is 0 Å². The summed E-state index contributed by atoms with van der Waals surface area (Å²) >= 11 is 0. The van der Waals surface area contributed by atoms with Gasteiger partial charge in [-0.05, 0) is 57.5 Å². The monoisotopic (exact) mass is 346 g/mol. The number of amides is 1. The molecule has 1 amide bonds. The molecule has 132 valence electrons. The molecule has 1 N–H and O–H groups in total. The first-order chi connectivity index (χ1) is 12.5. The van der Waals surface area contributed by atoms with E-state index in [2.05, 4.69) is 72.0 Å². The van der Waals surface area contributed by atoms with Crippen LogP contribution in [0.1, 0.15) is 38.4 Å². The smallest absolute Gasteiger partial charge is 0.272 e. The maximum absolute atomic E-state index is 12.0. The second-order valence-corrected chi connectivity index (χ2v) is 6.39. The molecule has 0 bridgehead atoms. The minimum Gasteiger partial charge on any atom is -0.318 e. The second kappa shape index (κ2) is 7.35. The summed E-state index contributed by atoms with van der Waals surface area (Å²) in [6, 6.07) is 11.9. The molecule has 0 fully saturated rings. The quantitative estimate of drug-likeness (QED) is 0.576. The number of aryl methyl sites for hydroxylation is 3. The molecule has 26 heavy (non-hydrogen) atoms. The first-order valence-electron chi connectivity index (χ1n) is 8.47. The number of carbonyl (C=O) groups excluding carboxylic acids is 1. The lowest BCUT2D eigenvalue weighted by molar-refractivity contribution is 0.0955. The van der Waals surface area contributed by atoms with Gasteiger partial charge in [0.15, 0.2) is 0 Å². The van der Waals surface area contributed by atoms with Crippen molar-refractivity contribution in [3.63, 3.8) is 0 Å². The fourth-order valence-electron chi connectivity index (χ4n) is 3.07. The van der Waals surface area contributed by atoms with Crippen molar-refractivity contribution in [3.05, 3.63) is 82.4 Å². The molecule has 0 saturated carbocycles. The number of hydrogen-bond donors (Lipinski definition) is 1. The number of carbonyl (C=O) groups is 1. The lowest BCUT2D eigenvalue weighted by Gasteiger charge is -2.13. The number of benzene rings is 1. The third-order valence-electron chi connectivity index (χ3n) is 4.36. The predicted octanol–water partition coefficient (Wildman–Crippen LogP) is 3.87. The van der Waals surface area contributed by atoms with E-state index >= 15 is 0 Å². The molecule has 2 heterocycles. The number of nitrogens with one attached hydrogen (secondary N) is 1. The summed E-state index contributed by atoms with van der Waals surface area (Å²) in [7, 11) is 0. The van der Waals surface area contributed by atoms with Crippen LogP contribution in [-0.2, 0) is 0 Å². The van der Waals surface area contributed by atoms with Crippen LogP contribution in [0.3, 0.4) is 0 Å². The maximum Gasteiger partial charge on any atom is 0.272 e. The van der Waals surface area contributed by atoms with Gasteiger partial charge >= 0.3 is 0 Å². The van der Waals surface area contributed by atoms with Gasteiger partial charge in [-0.25, -0.2) is 5.43 Å². The number of nitrogens with zero attached hydrogens (tertiary/aromatic N) is 3. The number of hydrazone groups is 1. The van der Waals surface area contributed by atoms with E-state index in [-0.39, 0.29) is 5.91 Å². The van der Waals surface area contributed by atoms with E-state index in [1.165, 1.54) is 17.3 Å². The lowest BCUT2D eigenvalue weighted by Crippen LogP contribution is -2.17. The summed E-state index contributed by atoms with van der Waals surface area (Å²) in [6.07, 6.45) is 4.81. The molecular weight excluding hydrogens is 324 g/mol. The third kappa shape index (κ3) is 3.57. The summed E-state index contributed by atoms with van der Waals surface area (Å²) in [5.41, 5.74) is 9.81. The van der Waals surface area contributed by atoms with Gasteiger partial charge in [0.1, 0.15) is 0 Å². The maximum atomic E-state index is 12.0. The Morgan fingerprint density at radius 1 is 1.15 bits per heavy atom. The number of rotatable bonds is 4. The van der Waals surface area contributed by atoms with Crippen LogP contribution in [0.5, 0.6) is 0 Å². The van der Waals surface area contributed by atoms with Crippen molar-refractivity contribution in [2.24, 2.45) is 5.10 Å². The van der Waals surface area contributed by atoms with Crippen LogP contribution in [0.25, 0.3) is 5.69 Å². The molecule has 2 aromatic heterocycles. The molecule has 5 nitrogen and oxygen atoms in total. The molecule has 0 unspecified atom stereocenters. The molecule has 0 aliphatic heterocycles. The van der Waals surface area contributed by atoms with Gasteiger partial charge in [-0.15, -0.1) is 0 Å². The predicted molar refractivity (Wildman–Crippen MR) is 104 cm³/mol. The largest absolute Gasteiger partial charge is 0.318 e. The average Bonchev–Trinajstić information content (AvgIpc) is 2.90. The Hall–Kier alpha value is -3.21. The van der Waals surface area contributed by atoms with Crippen molar-refractivity contribution < 1.29 is 4.79 Å². The van der Waals surface area contributed by atoms with Crippen LogP contribution in [-0.4, -0.2) is 21.7 Å². The molecule has 1 aromatic carbocycles. The Kier molecular flexibility index (Phi) is 4.98. The van der Waals surface area contributed by atoms with E-state index in [4.69, 9.17) is 0 Å². The summed E-state index contributed by atoms with van der Waals surface area (Å²) in [4.78, 5) is 16.0. The number of aromatic nitrogens is 2. The van der Waals surface area contributed by atoms with Crippen molar-refractivity contribution in [1.82, 2.24) is 15.0 Å². The zero-order valence-electron chi connectivity index (χ0n) is 15.4. The van der Waals surface area contributed by atoms with Gasteiger partial charge in [0.05, 0.1) is 11.8 Å². The molecule has 0 aliphatic carbocycles. The fraction of sp³-hybridized carbons (Fsp3) is 0.190. The molecule has 5 heteroatoms. The minimum atomic E-state index is -0.280. The van der Waals surface area contributed by atoms with Crippen LogP contribution >= 0.6 is 0 Å². The van der Waals surface area contributed by atoms with E-state index in [0.717, 1.165) is 22.6 Å². The molecule has 3 rings (SSSR count). The molecule has 0 atom stereocenters. The van der Waals surface area contributed by atoms with Gasteiger partial charge in [0.2, 0.25) is 0 Å². The lowest BCUT2D eigenvalue weighted by atomic mass is 10.1. The highest BCUT2D eigenvalue weighted by Crippen LogP contribution is 2.23. The zero-order chi connectivity index (χ0) is 18.7. The Bertz CT molecular complexity index is 971. The van der Waals surface area contributed by atoms with E-state index in [1.54, 1.807) is 24.5 Å². The van der Waals surface area contributed by atoms with Crippen LogP contribution in [0, 0.1) is 27.7 Å². The first kappa shape index (κ1) is 17.6. The van der Waals surface area contributed by atoms with Gasteiger partial charge in [-0.2, -0.15) is 5.10 Å². The van der Waals surface area contributed by atoms with Gasteiger partial charge in [0, 0.05) is 35.0 Å². The Morgan fingerprint density at radius 2 is 1.96 bits per heavy atom. The summed E-state index contributed by atoms with van der Waals surface area (Å²) in [5.74, 6) is -0.280. The van der Waals surface area contributed by atoms with E-state index in [1.807, 2.05) is 0 Å². The fourth-order valence-corrected chi connectivity index (χ4v) is 3.07. The highest BCUT2D eigenvalue weighted by molar-refractivity contribution is 5.94. The topological polar surface area (TPSA) is 59.3 Å². The second-order valence-electron chi connectivity index (χ2n) is 6.39. The Balaban J connectivity index is 1.83. The van der Waals surface area contributed by atoms with E-state index < -0.39 is 0 Å². The van der Waals surface area contributed by atoms with Gasteiger partial charge < -0.3 is 4.57 Å². The third-order valence-corrected chi connectivity index (χ3v) is 4.36. The van der Waals surface area contributed by atoms with Crippen molar-refractivity contribution in [2.45, 2.75) is 27.7 Å². The SMILES string of the molecule is Cc1ccc(-n2c(C)cc(C=NNC(=O)c3cccnc3)c2C)c(C)c1. The summed E-state index contributed by atoms with van der Waals surface area (Å²) in [5, 5.41) is 4.10. The van der Waals surface area contributed by atoms with Crippen LogP contribution < -0.4 is 5.43 Å². The van der Waals surface area contributed by atoms with Crippen molar-refractivity contribution >= 4 is 12.1 Å². The van der Waals surface area contributed by atoms with Gasteiger partial charge in [-0.1, -0.05) is 17.7 Å². The average molecular weight is 346 g/mol. The molecule has 3 aromatic rings. The van der Waals surface area contributed by atoms with Gasteiger partial charge in [0.25, 0.3) is 5.91 Å². The Morgan fingerprint density at radius 3 is 2.65 bits per heavy atom. The van der Waals surface area contributed by atoms with E-state index in [9.17, 15) is 4.79 Å². The zero-order valence-corrected chi connectivity index (χ0v) is 15.4. The van der Waals surface area contributed by atoms with Crippen LogP contribution in [0.4, 0.5) is 0 Å². The molecule has 0 aliphatic rings. The van der Waals surface area contributed by atoms with Crippen LogP contribution in [0.15, 0.2) is 53.9 Å². The highest BCUT2D eigenvalue weighted by Gasteiger charge is 2.11. The highest BCUT2D eigenvalue weighted by atomic mass is 16.2. The molecule has 0 saturated heterocycles.